The number of fused-ring (bicyclic) bond motifs is 1. The Morgan fingerprint density at radius 3 is 2.59 bits per heavy atom. The summed E-state index contributed by atoms with van der Waals surface area (Å²) in [5.41, 5.74) is -1.51. The number of halogens is 4. The van der Waals surface area contributed by atoms with E-state index in [-0.39, 0.29) is 29.7 Å². The number of hydrogen-bond donors (Lipinski definition) is 2. The van der Waals surface area contributed by atoms with Gasteiger partial charge in [-0.15, -0.1) is 0 Å². The van der Waals surface area contributed by atoms with E-state index < -0.39 is 56.3 Å². The zero-order valence-corrected chi connectivity index (χ0v) is 17.7. The molecule has 29 heavy (non-hydrogen) atoms. The number of sulfonamides is 1. The highest BCUT2D eigenvalue weighted by Gasteiger charge is 2.54. The number of aliphatic hydroxyl groups is 1. The summed E-state index contributed by atoms with van der Waals surface area (Å²) in [6.45, 7) is -0.618. The van der Waals surface area contributed by atoms with E-state index in [1.165, 1.54) is 12.1 Å². The highest BCUT2D eigenvalue weighted by Crippen LogP contribution is 2.45. The maximum Gasteiger partial charge on any atom is 0.240 e. The predicted octanol–water partition coefficient (Wildman–Crippen LogP) is 3.71. The van der Waals surface area contributed by atoms with Crippen molar-refractivity contribution < 1.29 is 31.1 Å². The van der Waals surface area contributed by atoms with Crippen LogP contribution < -0.4 is 4.72 Å². The lowest BCUT2D eigenvalue weighted by atomic mass is 10.0. The quantitative estimate of drug-likeness (QED) is 0.468. The van der Waals surface area contributed by atoms with Gasteiger partial charge < -0.3 is 9.52 Å². The minimum absolute atomic E-state index is 0.0475. The van der Waals surface area contributed by atoms with Crippen molar-refractivity contribution in [1.29, 1.82) is 0 Å². The molecule has 0 unspecified atom stereocenters. The van der Waals surface area contributed by atoms with Gasteiger partial charge in [0.1, 0.15) is 21.8 Å². The van der Waals surface area contributed by atoms with E-state index in [1.807, 2.05) is 22.6 Å². The summed E-state index contributed by atoms with van der Waals surface area (Å²) < 4.78 is 75.8. The first-order valence-electron chi connectivity index (χ1n) is 8.49. The van der Waals surface area contributed by atoms with Crippen molar-refractivity contribution in [3.8, 4) is 0 Å². The van der Waals surface area contributed by atoms with E-state index in [2.05, 4.69) is 9.71 Å². The van der Waals surface area contributed by atoms with Gasteiger partial charge in [0, 0.05) is 15.6 Å². The number of nitrogens with zero attached hydrogens (tertiary/aromatic N) is 1. The van der Waals surface area contributed by atoms with Gasteiger partial charge in [0.25, 0.3) is 0 Å². The van der Waals surface area contributed by atoms with Crippen LogP contribution in [-0.2, 0) is 16.4 Å². The largest absolute Gasteiger partial charge is 0.441 e. The Labute approximate surface area is 177 Å². The summed E-state index contributed by atoms with van der Waals surface area (Å²) in [6, 6.07) is 4.23. The second-order valence-corrected chi connectivity index (χ2v) is 10.2. The van der Waals surface area contributed by atoms with E-state index in [0.717, 1.165) is 6.39 Å². The number of rotatable bonds is 6. The van der Waals surface area contributed by atoms with Gasteiger partial charge in [-0.2, -0.15) is 0 Å². The number of benzene rings is 2. The summed E-state index contributed by atoms with van der Waals surface area (Å²) in [5, 5.41) is 9.47. The van der Waals surface area contributed by atoms with E-state index in [1.54, 1.807) is 6.07 Å². The second kappa shape index (κ2) is 7.13. The van der Waals surface area contributed by atoms with Crippen molar-refractivity contribution in [2.75, 3.05) is 11.3 Å². The van der Waals surface area contributed by atoms with Crippen molar-refractivity contribution in [2.24, 2.45) is 0 Å². The molecule has 1 fully saturated rings. The molecule has 1 heterocycles. The molecule has 6 nitrogen and oxygen atoms in total. The topological polar surface area (TPSA) is 92.4 Å². The standard InChI is InChI=1S/C18H14F3IN2O4S/c19-12-6-10(22)2-1-9(12)5-11-13(20)14(21)16-17(28-8-23-16)15(11)24-29(26,27)18(7-25)3-4-18/h1-2,6,8,24-25H,3-5,7H2. The monoisotopic (exact) mass is 538 g/mol. The Morgan fingerprint density at radius 2 is 1.97 bits per heavy atom. The van der Waals surface area contributed by atoms with Crippen LogP contribution in [0.1, 0.15) is 24.0 Å². The Morgan fingerprint density at radius 1 is 1.24 bits per heavy atom. The lowest BCUT2D eigenvalue weighted by Gasteiger charge is -2.18. The molecule has 0 saturated heterocycles. The van der Waals surface area contributed by atoms with Crippen molar-refractivity contribution >= 4 is 49.4 Å². The predicted molar refractivity (Wildman–Crippen MR) is 107 cm³/mol. The fraction of sp³-hybridized carbons (Fsp3) is 0.278. The van der Waals surface area contributed by atoms with Crippen molar-refractivity contribution in [2.45, 2.75) is 24.0 Å². The van der Waals surface area contributed by atoms with Crippen LogP contribution in [0.3, 0.4) is 0 Å². The highest BCUT2D eigenvalue weighted by molar-refractivity contribution is 14.1. The molecule has 1 aliphatic carbocycles. The maximum atomic E-state index is 14.9. The van der Waals surface area contributed by atoms with Crippen LogP contribution in [0, 0.1) is 21.0 Å². The van der Waals surface area contributed by atoms with Crippen LogP contribution in [0.15, 0.2) is 29.0 Å². The summed E-state index contributed by atoms with van der Waals surface area (Å²) in [6.07, 6.45) is 0.886. The molecule has 0 atom stereocenters. The van der Waals surface area contributed by atoms with Crippen LogP contribution in [0.5, 0.6) is 0 Å². The zero-order chi connectivity index (χ0) is 21.0. The molecule has 0 spiro atoms. The number of anilines is 1. The Kier molecular flexibility index (Phi) is 5.02. The van der Waals surface area contributed by atoms with E-state index in [4.69, 9.17) is 4.42 Å². The van der Waals surface area contributed by atoms with Gasteiger partial charge in [-0.1, -0.05) is 6.07 Å². The minimum atomic E-state index is -4.15. The Balaban J connectivity index is 1.89. The van der Waals surface area contributed by atoms with Gasteiger partial charge in [0.15, 0.2) is 23.6 Å². The third-order valence-corrected chi connectivity index (χ3v) is 7.87. The van der Waals surface area contributed by atoms with Gasteiger partial charge in [-0.25, -0.2) is 26.6 Å². The van der Waals surface area contributed by atoms with Gasteiger partial charge >= 0.3 is 0 Å². The van der Waals surface area contributed by atoms with Gasteiger partial charge in [-0.3, -0.25) is 4.72 Å². The average molecular weight is 538 g/mol. The summed E-state index contributed by atoms with van der Waals surface area (Å²) >= 11 is 1.91. The molecule has 1 saturated carbocycles. The van der Waals surface area contributed by atoms with Crippen LogP contribution in [0.2, 0.25) is 0 Å². The molecule has 0 bridgehead atoms. The molecule has 4 rings (SSSR count). The molecule has 2 N–H and O–H groups in total. The molecule has 3 aromatic rings. The van der Waals surface area contributed by atoms with Crippen molar-refractivity contribution in [3.05, 3.63) is 56.7 Å². The minimum Gasteiger partial charge on any atom is -0.441 e. The molecule has 154 valence electrons. The van der Waals surface area contributed by atoms with E-state index in [9.17, 15) is 26.7 Å². The Hall–Kier alpha value is -1.86. The first kappa shape index (κ1) is 20.4. The van der Waals surface area contributed by atoms with Crippen molar-refractivity contribution in [3.63, 3.8) is 0 Å². The zero-order valence-electron chi connectivity index (χ0n) is 14.7. The third-order valence-electron chi connectivity index (χ3n) is 5.05. The molecule has 0 amide bonds. The Bertz CT molecular complexity index is 1230. The lowest BCUT2D eigenvalue weighted by molar-refractivity contribution is 0.284. The van der Waals surface area contributed by atoms with E-state index >= 15 is 0 Å². The average Bonchev–Trinajstić information content (AvgIpc) is 3.34. The van der Waals surface area contributed by atoms with Crippen LogP contribution >= 0.6 is 22.6 Å². The number of oxazole rings is 1. The first-order valence-corrected chi connectivity index (χ1v) is 11.1. The third kappa shape index (κ3) is 3.38. The molecular formula is C18H14F3IN2O4S. The lowest BCUT2D eigenvalue weighted by Crippen LogP contribution is -2.33. The summed E-state index contributed by atoms with van der Waals surface area (Å²) in [5.74, 6) is -3.31. The second-order valence-electron chi connectivity index (χ2n) is 6.87. The highest BCUT2D eigenvalue weighted by atomic mass is 127. The SMILES string of the molecule is O=S(=O)(Nc1c(Cc2ccc(I)cc2F)c(F)c(F)c2ncoc12)C1(CO)CC1. The molecule has 11 heteroatoms. The van der Waals surface area contributed by atoms with Crippen LogP contribution in [0.4, 0.5) is 18.9 Å². The summed E-state index contributed by atoms with van der Waals surface area (Å²) in [7, 11) is -4.15. The van der Waals surface area contributed by atoms with Gasteiger partial charge in [-0.05, 0) is 53.1 Å². The normalized spacial score (nSPS) is 15.6. The molecule has 1 aromatic heterocycles. The molecule has 0 aliphatic heterocycles. The van der Waals surface area contributed by atoms with E-state index in [0.29, 0.717) is 3.57 Å². The summed E-state index contributed by atoms with van der Waals surface area (Å²) in [4.78, 5) is 3.60. The van der Waals surface area contributed by atoms with Crippen molar-refractivity contribution in [1.82, 2.24) is 4.98 Å². The number of aromatic nitrogens is 1. The maximum absolute atomic E-state index is 14.9. The number of nitrogens with one attached hydrogen (secondary N) is 1. The van der Waals surface area contributed by atoms with Gasteiger partial charge in [0.2, 0.25) is 10.0 Å². The molecule has 2 aromatic carbocycles. The van der Waals surface area contributed by atoms with Crippen LogP contribution in [0.25, 0.3) is 11.1 Å². The number of hydrogen-bond acceptors (Lipinski definition) is 5. The first-order chi connectivity index (χ1) is 13.7. The molecular weight excluding hydrogens is 524 g/mol. The van der Waals surface area contributed by atoms with Gasteiger partial charge in [0.05, 0.1) is 6.61 Å². The fourth-order valence-electron chi connectivity index (χ4n) is 3.09. The molecule has 1 aliphatic rings. The van der Waals surface area contributed by atoms with Crippen LogP contribution in [-0.4, -0.2) is 29.9 Å². The fourth-order valence-corrected chi connectivity index (χ4v) is 5.05. The molecule has 0 radical (unpaired) electrons. The number of aliphatic hydroxyl groups excluding tert-OH is 1. The smallest absolute Gasteiger partial charge is 0.240 e.